The van der Waals surface area contributed by atoms with Crippen LogP contribution in [0.2, 0.25) is 0 Å². The molecule has 15 heavy (non-hydrogen) atoms. The fourth-order valence-electron chi connectivity index (χ4n) is 1.00. The van der Waals surface area contributed by atoms with E-state index in [0.717, 1.165) is 0 Å². The first-order valence-corrected chi connectivity index (χ1v) is 3.86. The van der Waals surface area contributed by atoms with Crippen LogP contribution >= 0.6 is 0 Å². The topological polar surface area (TPSA) is 128 Å². The quantitative estimate of drug-likeness (QED) is 0.271. The van der Waals surface area contributed by atoms with E-state index in [9.17, 15) is 14.9 Å². The highest BCUT2D eigenvalue weighted by Gasteiger charge is 2.20. The molecule has 0 bridgehead atoms. The van der Waals surface area contributed by atoms with Crippen LogP contribution in [-0.4, -0.2) is 11.0 Å². The maximum absolute atomic E-state index is 11.0. The second kappa shape index (κ2) is 4.35. The molecule has 8 nitrogen and oxygen atoms in total. The largest absolute Gasteiger partial charge is 0.350 e. The van der Waals surface area contributed by atoms with E-state index in [2.05, 4.69) is 0 Å². The number of anilines is 1. The predicted octanol–water partition coefficient (Wildman–Crippen LogP) is -0.142. The highest BCUT2D eigenvalue weighted by atomic mass is 16.6. The highest BCUT2D eigenvalue weighted by molar-refractivity contribution is 5.92. The minimum absolute atomic E-state index is 0.0366. The van der Waals surface area contributed by atoms with Crippen LogP contribution in [0.3, 0.4) is 0 Å². The third kappa shape index (κ3) is 2.18. The van der Waals surface area contributed by atoms with Gasteiger partial charge < -0.3 is 0 Å². The molecule has 1 rings (SSSR count). The zero-order valence-electron chi connectivity index (χ0n) is 7.58. The SMILES string of the molecule is NNC(=O)N(N)c1ccccc1[N+](=O)[O-]. The number of nitro groups is 1. The zero-order chi connectivity index (χ0) is 11.4. The number of para-hydroxylation sites is 2. The van der Waals surface area contributed by atoms with Crippen LogP contribution in [0.5, 0.6) is 0 Å². The van der Waals surface area contributed by atoms with Crippen LogP contribution in [0.4, 0.5) is 16.2 Å². The van der Waals surface area contributed by atoms with E-state index in [1.165, 1.54) is 24.3 Å². The third-order valence-corrected chi connectivity index (χ3v) is 1.68. The molecule has 8 heteroatoms. The monoisotopic (exact) mass is 211 g/mol. The average molecular weight is 211 g/mol. The summed E-state index contributed by atoms with van der Waals surface area (Å²) in [5.74, 6) is 10.2. The lowest BCUT2D eigenvalue weighted by molar-refractivity contribution is -0.384. The van der Waals surface area contributed by atoms with Gasteiger partial charge in [0.25, 0.3) is 5.69 Å². The number of hydrogen-bond acceptors (Lipinski definition) is 5. The number of hydrazine groups is 2. The number of amides is 2. The highest BCUT2D eigenvalue weighted by Crippen LogP contribution is 2.25. The van der Waals surface area contributed by atoms with Crippen LogP contribution in [-0.2, 0) is 0 Å². The molecular weight excluding hydrogens is 202 g/mol. The van der Waals surface area contributed by atoms with E-state index in [-0.39, 0.29) is 11.4 Å². The minimum Gasteiger partial charge on any atom is -0.274 e. The molecule has 1 aromatic carbocycles. The normalized spacial score (nSPS) is 9.47. The molecule has 0 heterocycles. The number of nitro benzene ring substituents is 1. The molecule has 0 aliphatic heterocycles. The molecule has 0 saturated carbocycles. The van der Waals surface area contributed by atoms with Crippen molar-refractivity contribution in [1.82, 2.24) is 5.43 Å². The van der Waals surface area contributed by atoms with E-state index < -0.39 is 11.0 Å². The molecule has 0 aliphatic rings. The predicted molar refractivity (Wildman–Crippen MR) is 52.5 cm³/mol. The Labute approximate surface area is 84.5 Å². The van der Waals surface area contributed by atoms with E-state index in [0.29, 0.717) is 5.01 Å². The Morgan fingerprint density at radius 2 is 2.07 bits per heavy atom. The van der Waals surface area contributed by atoms with Crippen molar-refractivity contribution in [3.05, 3.63) is 34.4 Å². The molecule has 0 aromatic heterocycles. The van der Waals surface area contributed by atoms with Gasteiger partial charge in [0.15, 0.2) is 0 Å². The number of carbonyl (C=O) groups excluding carboxylic acids is 1. The smallest absolute Gasteiger partial charge is 0.274 e. The van der Waals surface area contributed by atoms with Gasteiger partial charge in [-0.05, 0) is 6.07 Å². The minimum atomic E-state index is -0.843. The number of carbonyl (C=O) groups is 1. The first-order valence-electron chi connectivity index (χ1n) is 3.86. The zero-order valence-corrected chi connectivity index (χ0v) is 7.58. The van der Waals surface area contributed by atoms with Crippen LogP contribution in [0, 0.1) is 10.1 Å². The molecular formula is C7H9N5O3. The van der Waals surface area contributed by atoms with E-state index in [4.69, 9.17) is 11.7 Å². The maximum atomic E-state index is 11.0. The van der Waals surface area contributed by atoms with Crippen molar-refractivity contribution in [2.75, 3.05) is 5.01 Å². The number of benzene rings is 1. The van der Waals surface area contributed by atoms with Gasteiger partial charge in [-0.2, -0.15) is 0 Å². The molecule has 0 aliphatic carbocycles. The summed E-state index contributed by atoms with van der Waals surface area (Å²) in [6, 6.07) is 4.72. The number of nitrogens with one attached hydrogen (secondary N) is 1. The number of nitrogens with zero attached hydrogens (tertiary/aromatic N) is 2. The van der Waals surface area contributed by atoms with Gasteiger partial charge in [-0.3, -0.25) is 15.5 Å². The molecule has 1 aromatic rings. The van der Waals surface area contributed by atoms with Gasteiger partial charge >= 0.3 is 6.03 Å². The Kier molecular flexibility index (Phi) is 3.16. The summed E-state index contributed by atoms with van der Waals surface area (Å²) in [4.78, 5) is 21.0. The fraction of sp³-hybridized carbons (Fsp3) is 0. The van der Waals surface area contributed by atoms with Gasteiger partial charge in [-0.15, -0.1) is 0 Å². The second-order valence-corrected chi connectivity index (χ2v) is 2.57. The number of rotatable bonds is 2. The van der Waals surface area contributed by atoms with Gasteiger partial charge in [0.05, 0.1) is 4.92 Å². The van der Waals surface area contributed by atoms with Gasteiger partial charge in [0.2, 0.25) is 0 Å². The molecule has 2 amide bonds. The molecule has 0 unspecified atom stereocenters. The Morgan fingerprint density at radius 3 is 2.60 bits per heavy atom. The summed E-state index contributed by atoms with van der Waals surface area (Å²) < 4.78 is 0. The first kappa shape index (κ1) is 10.9. The third-order valence-electron chi connectivity index (χ3n) is 1.68. The van der Waals surface area contributed by atoms with Crippen molar-refractivity contribution in [3.8, 4) is 0 Å². The summed E-state index contributed by atoms with van der Waals surface area (Å²) in [5, 5.41) is 11.2. The Hall–Kier alpha value is -2.19. The van der Waals surface area contributed by atoms with Gasteiger partial charge in [0, 0.05) is 6.07 Å². The summed E-state index contributed by atoms with van der Waals surface area (Å²) >= 11 is 0. The molecule has 0 saturated heterocycles. The maximum Gasteiger partial charge on any atom is 0.350 e. The fourth-order valence-corrected chi connectivity index (χ4v) is 1.00. The van der Waals surface area contributed by atoms with Crippen molar-refractivity contribution in [2.24, 2.45) is 11.7 Å². The van der Waals surface area contributed by atoms with Crippen molar-refractivity contribution in [2.45, 2.75) is 0 Å². The Balaban J connectivity index is 3.13. The number of nitrogens with two attached hydrogens (primary N) is 2. The van der Waals surface area contributed by atoms with E-state index in [1.807, 2.05) is 0 Å². The Bertz CT molecular complexity index is 394. The van der Waals surface area contributed by atoms with Crippen molar-refractivity contribution in [3.63, 3.8) is 0 Å². The van der Waals surface area contributed by atoms with E-state index >= 15 is 0 Å². The Morgan fingerprint density at radius 1 is 1.47 bits per heavy atom. The van der Waals surface area contributed by atoms with Crippen molar-refractivity contribution < 1.29 is 9.72 Å². The van der Waals surface area contributed by atoms with E-state index in [1.54, 1.807) is 5.43 Å². The lowest BCUT2D eigenvalue weighted by Crippen LogP contribution is -2.47. The van der Waals surface area contributed by atoms with Crippen LogP contribution in [0.15, 0.2) is 24.3 Å². The molecule has 80 valence electrons. The lowest BCUT2D eigenvalue weighted by atomic mass is 10.2. The van der Waals surface area contributed by atoms with Crippen LogP contribution < -0.4 is 22.1 Å². The van der Waals surface area contributed by atoms with Gasteiger partial charge in [-0.1, -0.05) is 12.1 Å². The number of urea groups is 1. The lowest BCUT2D eigenvalue weighted by Gasteiger charge is -2.15. The van der Waals surface area contributed by atoms with Gasteiger partial charge in [-0.25, -0.2) is 21.5 Å². The summed E-state index contributed by atoms with van der Waals surface area (Å²) in [6.45, 7) is 0. The van der Waals surface area contributed by atoms with Gasteiger partial charge in [0.1, 0.15) is 5.69 Å². The molecule has 0 fully saturated rings. The molecule has 0 radical (unpaired) electrons. The molecule has 0 atom stereocenters. The summed E-state index contributed by atoms with van der Waals surface area (Å²) in [7, 11) is 0. The standard InChI is InChI=1S/C7H9N5O3/c8-10-7(13)11(9)5-3-1-2-4-6(5)12(14)15/h1-4H,8-9H2,(H,10,13). The summed E-state index contributed by atoms with van der Waals surface area (Å²) in [6.07, 6.45) is 0. The number of hydrogen-bond donors (Lipinski definition) is 3. The molecule has 5 N–H and O–H groups in total. The average Bonchev–Trinajstić information content (AvgIpc) is 2.27. The van der Waals surface area contributed by atoms with Crippen molar-refractivity contribution in [1.29, 1.82) is 0 Å². The van der Waals surface area contributed by atoms with Crippen molar-refractivity contribution >= 4 is 17.4 Å². The second-order valence-electron chi connectivity index (χ2n) is 2.57. The van der Waals surface area contributed by atoms with Crippen LogP contribution in [0.25, 0.3) is 0 Å². The summed E-state index contributed by atoms with van der Waals surface area (Å²) in [5.41, 5.74) is 1.46. The molecule has 0 spiro atoms. The van der Waals surface area contributed by atoms with Crippen LogP contribution in [0.1, 0.15) is 0 Å². The first-order chi connectivity index (χ1) is 7.07.